The second kappa shape index (κ2) is 6.35. The van der Waals surface area contributed by atoms with Crippen molar-refractivity contribution >= 4 is 11.6 Å². The molecule has 0 saturated carbocycles. The minimum absolute atomic E-state index is 0.187. The Bertz CT molecular complexity index is 844. The fourth-order valence-electron chi connectivity index (χ4n) is 2.16. The minimum Gasteiger partial charge on any atom is -0.493 e. The third-order valence-electron chi connectivity index (χ3n) is 3.32. The lowest BCUT2D eigenvalue weighted by atomic mass is 10.3. The fourth-order valence-corrected chi connectivity index (χ4v) is 2.16. The molecule has 0 aliphatic heterocycles. The highest BCUT2D eigenvalue weighted by Crippen LogP contribution is 2.26. The van der Waals surface area contributed by atoms with E-state index in [2.05, 4.69) is 10.2 Å². The number of aromatic nitrogens is 3. The second-order valence-corrected chi connectivity index (χ2v) is 4.69. The molecule has 0 radical (unpaired) electrons. The molecule has 0 unspecified atom stereocenters. The van der Waals surface area contributed by atoms with Crippen LogP contribution in [0.4, 0.5) is 0 Å². The van der Waals surface area contributed by atoms with Crippen molar-refractivity contribution < 1.29 is 19.0 Å². The summed E-state index contributed by atoms with van der Waals surface area (Å²) in [7, 11) is 2.92. The topological polar surface area (TPSA) is 75.0 Å². The predicted octanol–water partition coefficient (Wildman–Crippen LogP) is 2.10. The van der Waals surface area contributed by atoms with Crippen molar-refractivity contribution in [1.29, 1.82) is 0 Å². The molecule has 23 heavy (non-hydrogen) atoms. The summed E-state index contributed by atoms with van der Waals surface area (Å²) < 4.78 is 17.4. The molecule has 0 fully saturated rings. The number of pyridine rings is 1. The maximum Gasteiger partial charge on any atom is 0.339 e. The number of hydrogen-bond donors (Lipinski definition) is 0. The van der Waals surface area contributed by atoms with Crippen molar-refractivity contribution in [3.63, 3.8) is 0 Å². The molecule has 0 amide bonds. The molecule has 0 aliphatic rings. The Morgan fingerprint density at radius 3 is 2.61 bits per heavy atom. The highest BCUT2D eigenvalue weighted by atomic mass is 16.5. The molecule has 0 atom stereocenters. The van der Waals surface area contributed by atoms with E-state index in [9.17, 15) is 4.79 Å². The van der Waals surface area contributed by atoms with E-state index in [1.807, 2.05) is 24.3 Å². The molecular formula is C16H15N3O4. The van der Waals surface area contributed by atoms with Gasteiger partial charge in [0.05, 0.1) is 19.8 Å². The summed E-state index contributed by atoms with van der Waals surface area (Å²) in [6, 6.07) is 10.7. The van der Waals surface area contributed by atoms with Gasteiger partial charge in [0.25, 0.3) is 0 Å². The van der Waals surface area contributed by atoms with Gasteiger partial charge >= 0.3 is 5.97 Å². The van der Waals surface area contributed by atoms with Gasteiger partial charge in [-0.25, -0.2) is 4.79 Å². The summed E-state index contributed by atoms with van der Waals surface area (Å²) in [6.45, 7) is 0.187. The normalized spacial score (nSPS) is 10.5. The van der Waals surface area contributed by atoms with Crippen molar-refractivity contribution in [2.75, 3.05) is 14.2 Å². The van der Waals surface area contributed by atoms with E-state index in [-0.39, 0.29) is 6.61 Å². The van der Waals surface area contributed by atoms with Gasteiger partial charge in [-0.1, -0.05) is 12.1 Å². The van der Waals surface area contributed by atoms with Crippen LogP contribution in [0.25, 0.3) is 5.65 Å². The average Bonchev–Trinajstić information content (AvgIpc) is 3.01. The molecule has 0 spiro atoms. The Morgan fingerprint density at radius 1 is 1.09 bits per heavy atom. The number of rotatable bonds is 5. The highest BCUT2D eigenvalue weighted by Gasteiger charge is 2.12. The first-order valence-electron chi connectivity index (χ1n) is 6.90. The number of nitrogens with zero attached hydrogens (tertiary/aromatic N) is 3. The first kappa shape index (κ1) is 14.8. The van der Waals surface area contributed by atoms with Crippen molar-refractivity contribution in [3.05, 3.63) is 54.0 Å². The van der Waals surface area contributed by atoms with Gasteiger partial charge in [0.1, 0.15) is 6.61 Å². The molecule has 1 aromatic carbocycles. The van der Waals surface area contributed by atoms with Gasteiger partial charge in [0.2, 0.25) is 0 Å². The molecule has 2 aromatic heterocycles. The van der Waals surface area contributed by atoms with Crippen LogP contribution in [0.5, 0.6) is 11.5 Å². The summed E-state index contributed by atoms with van der Waals surface area (Å²) in [5, 5.41) is 8.14. The lowest BCUT2D eigenvalue weighted by Gasteiger charge is -2.09. The van der Waals surface area contributed by atoms with E-state index in [4.69, 9.17) is 14.2 Å². The summed E-state index contributed by atoms with van der Waals surface area (Å²) in [5.74, 6) is 1.39. The number of para-hydroxylation sites is 2. The van der Waals surface area contributed by atoms with Crippen LogP contribution in [0, 0.1) is 0 Å². The van der Waals surface area contributed by atoms with Gasteiger partial charge in [0, 0.05) is 6.20 Å². The average molecular weight is 313 g/mol. The van der Waals surface area contributed by atoms with Crippen molar-refractivity contribution in [2.24, 2.45) is 0 Å². The lowest BCUT2D eigenvalue weighted by Crippen LogP contribution is -2.06. The number of fused-ring (bicyclic) bond motifs is 1. The molecule has 0 bridgehead atoms. The van der Waals surface area contributed by atoms with Gasteiger partial charge in [0.15, 0.2) is 23.0 Å². The van der Waals surface area contributed by atoms with Gasteiger partial charge in [-0.15, -0.1) is 10.2 Å². The number of esters is 1. The molecular weight excluding hydrogens is 298 g/mol. The lowest BCUT2D eigenvalue weighted by molar-refractivity contribution is 0.0600. The number of methoxy groups -OCH3 is 2. The predicted molar refractivity (Wildman–Crippen MR) is 81.7 cm³/mol. The molecule has 3 rings (SSSR count). The number of ether oxygens (including phenoxy) is 3. The van der Waals surface area contributed by atoms with Gasteiger partial charge in [-0.3, -0.25) is 4.40 Å². The van der Waals surface area contributed by atoms with Crippen LogP contribution < -0.4 is 9.47 Å². The Kier molecular flexibility index (Phi) is 4.09. The standard InChI is InChI=1S/C16H15N3O4/c1-21-12-5-3-4-6-13(12)23-10-15-18-17-14-8-7-11(9-19(14)15)16(20)22-2/h3-9H,10H2,1-2H3. The molecule has 0 saturated heterocycles. The monoisotopic (exact) mass is 313 g/mol. The summed E-state index contributed by atoms with van der Waals surface area (Å²) >= 11 is 0. The first-order chi connectivity index (χ1) is 11.2. The van der Waals surface area contributed by atoms with E-state index in [0.29, 0.717) is 28.5 Å². The van der Waals surface area contributed by atoms with E-state index in [1.54, 1.807) is 29.8 Å². The molecule has 2 heterocycles. The molecule has 0 N–H and O–H groups in total. The van der Waals surface area contributed by atoms with E-state index in [0.717, 1.165) is 0 Å². The second-order valence-electron chi connectivity index (χ2n) is 4.69. The quantitative estimate of drug-likeness (QED) is 0.672. The maximum atomic E-state index is 11.6. The number of hydrogen-bond acceptors (Lipinski definition) is 6. The van der Waals surface area contributed by atoms with Crippen LogP contribution in [0.1, 0.15) is 16.2 Å². The Labute approximate surface area is 132 Å². The van der Waals surface area contributed by atoms with Crippen LogP contribution in [-0.4, -0.2) is 34.8 Å². The Balaban J connectivity index is 1.86. The van der Waals surface area contributed by atoms with Gasteiger partial charge < -0.3 is 14.2 Å². The number of carbonyl (C=O) groups is 1. The third-order valence-corrected chi connectivity index (χ3v) is 3.32. The zero-order chi connectivity index (χ0) is 16.2. The van der Waals surface area contributed by atoms with Crippen molar-refractivity contribution in [2.45, 2.75) is 6.61 Å². The third kappa shape index (κ3) is 2.94. The zero-order valence-electron chi connectivity index (χ0n) is 12.7. The number of carbonyl (C=O) groups excluding carboxylic acids is 1. The van der Waals surface area contributed by atoms with Crippen LogP contribution in [-0.2, 0) is 11.3 Å². The molecule has 0 aliphatic carbocycles. The zero-order valence-corrected chi connectivity index (χ0v) is 12.7. The van der Waals surface area contributed by atoms with Crippen molar-refractivity contribution in [3.8, 4) is 11.5 Å². The fraction of sp³-hybridized carbons (Fsp3) is 0.188. The summed E-state index contributed by atoms with van der Waals surface area (Å²) in [4.78, 5) is 11.6. The summed E-state index contributed by atoms with van der Waals surface area (Å²) in [5.41, 5.74) is 1.04. The Hall–Kier alpha value is -3.09. The van der Waals surface area contributed by atoms with E-state index >= 15 is 0 Å². The Morgan fingerprint density at radius 2 is 1.87 bits per heavy atom. The van der Waals surface area contributed by atoms with Gasteiger partial charge in [-0.05, 0) is 24.3 Å². The van der Waals surface area contributed by atoms with Crippen LogP contribution in [0.2, 0.25) is 0 Å². The summed E-state index contributed by atoms with van der Waals surface area (Å²) in [6.07, 6.45) is 1.63. The van der Waals surface area contributed by atoms with E-state index < -0.39 is 5.97 Å². The van der Waals surface area contributed by atoms with Crippen LogP contribution in [0.3, 0.4) is 0 Å². The molecule has 7 heteroatoms. The van der Waals surface area contributed by atoms with E-state index in [1.165, 1.54) is 7.11 Å². The molecule has 118 valence electrons. The minimum atomic E-state index is -0.419. The largest absolute Gasteiger partial charge is 0.493 e. The number of benzene rings is 1. The highest BCUT2D eigenvalue weighted by molar-refractivity contribution is 5.89. The van der Waals surface area contributed by atoms with Gasteiger partial charge in [-0.2, -0.15) is 0 Å². The SMILES string of the molecule is COC(=O)c1ccc2nnc(COc3ccccc3OC)n2c1. The van der Waals surface area contributed by atoms with Crippen LogP contribution >= 0.6 is 0 Å². The smallest absolute Gasteiger partial charge is 0.339 e. The first-order valence-corrected chi connectivity index (χ1v) is 6.90. The molecule has 3 aromatic rings. The van der Waals surface area contributed by atoms with Crippen LogP contribution in [0.15, 0.2) is 42.6 Å². The van der Waals surface area contributed by atoms with Crippen molar-refractivity contribution in [1.82, 2.24) is 14.6 Å². The maximum absolute atomic E-state index is 11.6. The molecule has 7 nitrogen and oxygen atoms in total.